The summed E-state index contributed by atoms with van der Waals surface area (Å²) in [6.45, 7) is 7.35. The third-order valence-electron chi connectivity index (χ3n) is 4.42. The fourth-order valence-corrected chi connectivity index (χ4v) is 3.89. The van der Waals surface area contributed by atoms with Gasteiger partial charge in [-0.3, -0.25) is 5.32 Å². The maximum absolute atomic E-state index is 12.1. The van der Waals surface area contributed by atoms with Gasteiger partial charge in [-0.25, -0.2) is 9.78 Å². The zero-order chi connectivity index (χ0) is 22.9. The van der Waals surface area contributed by atoms with Crippen LogP contribution in [-0.4, -0.2) is 26.8 Å². The molecule has 0 saturated heterocycles. The number of benzene rings is 2. The Kier molecular flexibility index (Phi) is 5.67. The van der Waals surface area contributed by atoms with Gasteiger partial charge in [-0.05, 0) is 45.4 Å². The number of hydrogen-bond acceptors (Lipinski definition) is 8. The number of nitrogens with two attached hydrogens (primary N) is 1. The number of nitrogens with one attached hydrogen (secondary N) is 1. The van der Waals surface area contributed by atoms with Crippen LogP contribution in [0.1, 0.15) is 26.3 Å². The molecule has 4 rings (SSSR count). The van der Waals surface area contributed by atoms with Crippen molar-refractivity contribution in [3.8, 4) is 32.7 Å². The molecule has 0 unspecified atom stereocenters. The van der Waals surface area contributed by atoms with Crippen LogP contribution in [0.4, 0.5) is 16.3 Å². The molecule has 32 heavy (non-hydrogen) atoms. The Morgan fingerprint density at radius 3 is 2.59 bits per heavy atom. The van der Waals surface area contributed by atoms with E-state index in [1.807, 2.05) is 64.1 Å². The third kappa shape index (κ3) is 4.78. The number of thiazole rings is 1. The minimum absolute atomic E-state index is 0.294. The van der Waals surface area contributed by atoms with Crippen molar-refractivity contribution >= 4 is 28.9 Å². The topological polar surface area (TPSA) is 116 Å². The molecule has 0 saturated carbocycles. The van der Waals surface area contributed by atoms with E-state index in [0.29, 0.717) is 28.1 Å². The Morgan fingerprint density at radius 1 is 1.12 bits per heavy atom. The number of aromatic nitrogens is 3. The summed E-state index contributed by atoms with van der Waals surface area (Å²) in [5, 5.41) is 7.62. The van der Waals surface area contributed by atoms with E-state index in [1.54, 1.807) is 12.1 Å². The molecule has 0 atom stereocenters. The molecule has 0 bridgehead atoms. The van der Waals surface area contributed by atoms with Crippen molar-refractivity contribution in [1.82, 2.24) is 15.1 Å². The zero-order valence-corrected chi connectivity index (χ0v) is 19.0. The van der Waals surface area contributed by atoms with Gasteiger partial charge in [-0.2, -0.15) is 4.98 Å². The van der Waals surface area contributed by atoms with Gasteiger partial charge in [-0.15, -0.1) is 11.3 Å². The second kappa shape index (κ2) is 8.43. The highest BCUT2D eigenvalue weighted by molar-refractivity contribution is 7.18. The lowest BCUT2D eigenvalue weighted by Crippen LogP contribution is -2.27. The molecule has 2 aromatic carbocycles. The third-order valence-corrected chi connectivity index (χ3v) is 5.53. The molecule has 2 aromatic heterocycles. The number of ether oxygens (including phenoxy) is 1. The minimum Gasteiger partial charge on any atom is -0.444 e. The van der Waals surface area contributed by atoms with Gasteiger partial charge in [0, 0.05) is 16.8 Å². The van der Waals surface area contributed by atoms with Crippen molar-refractivity contribution < 1.29 is 14.1 Å². The van der Waals surface area contributed by atoms with E-state index in [1.165, 1.54) is 11.3 Å². The molecule has 0 fully saturated rings. The van der Waals surface area contributed by atoms with Gasteiger partial charge < -0.3 is 15.0 Å². The summed E-state index contributed by atoms with van der Waals surface area (Å²) >= 11 is 1.39. The maximum Gasteiger partial charge on any atom is 0.412 e. The molecule has 0 aliphatic heterocycles. The summed E-state index contributed by atoms with van der Waals surface area (Å²) in [4.78, 5) is 21.7. The number of nitrogens with zero attached hydrogens (tertiary/aromatic N) is 3. The smallest absolute Gasteiger partial charge is 0.412 e. The highest BCUT2D eigenvalue weighted by Gasteiger charge is 2.20. The van der Waals surface area contributed by atoms with Crippen LogP contribution >= 0.6 is 11.3 Å². The average Bonchev–Trinajstić information content (AvgIpc) is 3.35. The van der Waals surface area contributed by atoms with Crippen LogP contribution in [0, 0.1) is 6.92 Å². The lowest BCUT2D eigenvalue weighted by Gasteiger charge is -2.19. The number of carbonyl (C=O) groups excluding carboxylic acids is 1. The zero-order valence-electron chi connectivity index (χ0n) is 18.2. The van der Waals surface area contributed by atoms with E-state index in [4.69, 9.17) is 15.0 Å². The normalized spacial score (nSPS) is 11.4. The van der Waals surface area contributed by atoms with Gasteiger partial charge in [0.25, 0.3) is 5.89 Å². The fourth-order valence-electron chi connectivity index (χ4n) is 2.98. The average molecular weight is 450 g/mol. The molecule has 0 aliphatic rings. The number of carbonyl (C=O) groups is 1. The SMILES string of the molecule is Cc1ccc(NC(=O)OC(C)(C)C)cc1-c1noc(-c2sc(-c3ccccc3)nc2N)n1. The quantitative estimate of drug-likeness (QED) is 0.406. The lowest BCUT2D eigenvalue weighted by molar-refractivity contribution is 0.0636. The van der Waals surface area contributed by atoms with Crippen LogP contribution in [-0.2, 0) is 4.74 Å². The van der Waals surface area contributed by atoms with E-state index < -0.39 is 11.7 Å². The van der Waals surface area contributed by atoms with Crippen molar-refractivity contribution in [1.29, 1.82) is 0 Å². The van der Waals surface area contributed by atoms with E-state index in [-0.39, 0.29) is 0 Å². The Balaban J connectivity index is 1.60. The van der Waals surface area contributed by atoms with Crippen LogP contribution in [0.25, 0.3) is 32.7 Å². The molecule has 0 spiro atoms. The van der Waals surface area contributed by atoms with E-state index in [0.717, 1.165) is 21.7 Å². The van der Waals surface area contributed by atoms with Crippen LogP contribution in [0.3, 0.4) is 0 Å². The largest absolute Gasteiger partial charge is 0.444 e. The number of nitrogen functional groups attached to an aromatic ring is 1. The Bertz CT molecular complexity index is 1260. The summed E-state index contributed by atoms with van der Waals surface area (Å²) in [5.41, 5.74) is 8.72. The second-order valence-electron chi connectivity index (χ2n) is 8.18. The number of anilines is 2. The van der Waals surface area contributed by atoms with Crippen molar-refractivity contribution in [2.45, 2.75) is 33.3 Å². The second-order valence-corrected chi connectivity index (χ2v) is 9.18. The Labute approximate surface area is 189 Å². The first-order valence-corrected chi connectivity index (χ1v) is 10.8. The van der Waals surface area contributed by atoms with E-state index in [9.17, 15) is 4.79 Å². The highest BCUT2D eigenvalue weighted by atomic mass is 32.1. The van der Waals surface area contributed by atoms with Crippen molar-refractivity contribution in [2.75, 3.05) is 11.1 Å². The molecule has 0 aliphatic carbocycles. The number of aryl methyl sites for hydroxylation is 1. The van der Waals surface area contributed by atoms with Gasteiger partial charge in [-0.1, -0.05) is 41.6 Å². The maximum atomic E-state index is 12.1. The van der Waals surface area contributed by atoms with Gasteiger partial charge in [0.1, 0.15) is 21.3 Å². The predicted molar refractivity (Wildman–Crippen MR) is 125 cm³/mol. The van der Waals surface area contributed by atoms with Crippen LogP contribution in [0.2, 0.25) is 0 Å². The molecule has 8 nitrogen and oxygen atoms in total. The highest BCUT2D eigenvalue weighted by Crippen LogP contribution is 2.37. The Morgan fingerprint density at radius 2 is 1.88 bits per heavy atom. The molecule has 1 amide bonds. The monoisotopic (exact) mass is 449 g/mol. The molecular formula is C23H23N5O3S. The molecule has 0 radical (unpaired) electrons. The van der Waals surface area contributed by atoms with Crippen LogP contribution < -0.4 is 11.1 Å². The van der Waals surface area contributed by atoms with Gasteiger partial charge in [0.15, 0.2) is 0 Å². The first-order chi connectivity index (χ1) is 15.2. The molecule has 9 heteroatoms. The number of rotatable bonds is 4. The minimum atomic E-state index is -0.590. The van der Waals surface area contributed by atoms with E-state index in [2.05, 4.69) is 20.4 Å². The summed E-state index contributed by atoms with van der Waals surface area (Å²) in [7, 11) is 0. The summed E-state index contributed by atoms with van der Waals surface area (Å²) in [6.07, 6.45) is -0.535. The molecular weight excluding hydrogens is 426 g/mol. The summed E-state index contributed by atoms with van der Waals surface area (Å²) in [5.74, 6) is 1.02. The van der Waals surface area contributed by atoms with Gasteiger partial charge in [0.05, 0.1) is 0 Å². The first kappa shape index (κ1) is 21.5. The van der Waals surface area contributed by atoms with Crippen molar-refractivity contribution in [2.24, 2.45) is 0 Å². The number of hydrogen-bond donors (Lipinski definition) is 2. The van der Waals surface area contributed by atoms with Crippen LogP contribution in [0.5, 0.6) is 0 Å². The predicted octanol–water partition coefficient (Wildman–Crippen LogP) is 5.76. The van der Waals surface area contributed by atoms with Crippen molar-refractivity contribution in [3.63, 3.8) is 0 Å². The van der Waals surface area contributed by atoms with Crippen molar-refractivity contribution in [3.05, 3.63) is 54.1 Å². The Hall–Kier alpha value is -3.72. The van der Waals surface area contributed by atoms with Crippen LogP contribution in [0.15, 0.2) is 53.1 Å². The van der Waals surface area contributed by atoms with E-state index >= 15 is 0 Å². The van der Waals surface area contributed by atoms with Gasteiger partial charge >= 0.3 is 6.09 Å². The molecule has 4 aromatic rings. The first-order valence-electron chi connectivity index (χ1n) is 9.96. The molecule has 164 valence electrons. The summed E-state index contributed by atoms with van der Waals surface area (Å²) < 4.78 is 10.8. The fraction of sp³-hybridized carbons (Fsp3) is 0.217. The standard InChI is InChI=1S/C23H23N5O3S/c1-13-10-11-15(25-22(29)30-23(2,3)4)12-16(13)19-27-20(31-28-19)17-18(24)26-21(32-17)14-8-6-5-7-9-14/h5-12H,24H2,1-4H3,(H,25,29). The molecule has 2 heterocycles. The number of amides is 1. The lowest BCUT2D eigenvalue weighted by atomic mass is 10.1. The van der Waals surface area contributed by atoms with Gasteiger partial charge in [0.2, 0.25) is 5.82 Å². The summed E-state index contributed by atoms with van der Waals surface area (Å²) in [6, 6.07) is 15.2. The molecule has 3 N–H and O–H groups in total.